The fourth-order valence-corrected chi connectivity index (χ4v) is 5.05. The van der Waals surface area contributed by atoms with Crippen LogP contribution in [0.3, 0.4) is 0 Å². The Bertz CT molecular complexity index is 1210. The van der Waals surface area contributed by atoms with Crippen molar-refractivity contribution in [3.8, 4) is 11.6 Å². The maximum Gasteiger partial charge on any atom is 0.315 e. The molecule has 0 N–H and O–H groups in total. The Morgan fingerprint density at radius 1 is 1.00 bits per heavy atom. The zero-order chi connectivity index (χ0) is 24.9. The molecule has 36 heavy (non-hydrogen) atoms. The van der Waals surface area contributed by atoms with Gasteiger partial charge in [0.1, 0.15) is 5.75 Å². The minimum absolute atomic E-state index is 0.0301. The number of halogens is 2. The van der Waals surface area contributed by atoms with E-state index >= 15 is 0 Å². The van der Waals surface area contributed by atoms with E-state index in [2.05, 4.69) is 14.8 Å². The summed E-state index contributed by atoms with van der Waals surface area (Å²) in [7, 11) is 0. The van der Waals surface area contributed by atoms with E-state index in [0.29, 0.717) is 22.5 Å². The molecule has 2 fully saturated rings. The summed E-state index contributed by atoms with van der Waals surface area (Å²) in [6, 6.07) is 15.3. The molecule has 190 valence electrons. The molecule has 0 amide bonds. The average Bonchev–Trinajstić information content (AvgIpc) is 2.85. The third-order valence-corrected chi connectivity index (χ3v) is 7.87. The summed E-state index contributed by atoms with van der Waals surface area (Å²) in [5.41, 5.74) is 1.79. The van der Waals surface area contributed by atoms with Crippen LogP contribution in [-0.2, 0) is 4.79 Å². The van der Waals surface area contributed by atoms with E-state index in [0.717, 1.165) is 87.2 Å². The number of anilines is 1. The first kappa shape index (κ1) is 25.1. The van der Waals surface area contributed by atoms with Crippen molar-refractivity contribution < 1.29 is 14.3 Å². The van der Waals surface area contributed by atoms with Gasteiger partial charge >= 0.3 is 5.97 Å². The molecule has 2 heterocycles. The smallest absolute Gasteiger partial charge is 0.315 e. The molecule has 0 atom stereocenters. The number of unbranched alkanes of at least 4 members (excludes halogenated alkanes) is 1. The number of carbonyl (C=O) groups excluding carboxylic acids is 1. The summed E-state index contributed by atoms with van der Waals surface area (Å²) in [6.45, 7) is 5.61. The topological polar surface area (TPSA) is 54.9 Å². The Morgan fingerprint density at radius 3 is 2.58 bits per heavy atom. The molecule has 8 heteroatoms. The Balaban J connectivity index is 1.04. The van der Waals surface area contributed by atoms with Crippen LogP contribution in [0.5, 0.6) is 11.6 Å². The monoisotopic (exact) mass is 527 g/mol. The molecule has 1 aliphatic carbocycles. The second-order valence-electron chi connectivity index (χ2n) is 9.51. The molecule has 6 nitrogen and oxygen atoms in total. The quantitative estimate of drug-likeness (QED) is 0.243. The number of pyridine rings is 1. The van der Waals surface area contributed by atoms with Crippen molar-refractivity contribution in [1.82, 2.24) is 9.88 Å². The number of esters is 1. The van der Waals surface area contributed by atoms with Gasteiger partial charge in [-0.05, 0) is 62.6 Å². The van der Waals surface area contributed by atoms with Crippen molar-refractivity contribution in [3.63, 3.8) is 0 Å². The lowest BCUT2D eigenvalue weighted by molar-refractivity contribution is -0.141. The van der Waals surface area contributed by atoms with Crippen LogP contribution in [-0.4, -0.2) is 55.2 Å². The molecule has 0 unspecified atom stereocenters. The van der Waals surface area contributed by atoms with Gasteiger partial charge in [0.25, 0.3) is 0 Å². The van der Waals surface area contributed by atoms with Crippen molar-refractivity contribution in [3.05, 3.63) is 58.6 Å². The van der Waals surface area contributed by atoms with Crippen LogP contribution >= 0.6 is 23.2 Å². The lowest BCUT2D eigenvalue weighted by atomic mass is 9.86. The van der Waals surface area contributed by atoms with E-state index in [9.17, 15) is 4.79 Å². The number of benzene rings is 2. The number of carbonyl (C=O) groups is 1. The molecular formula is C28H31Cl2N3O3. The average molecular weight is 528 g/mol. The number of hydrogen-bond donors (Lipinski definition) is 0. The summed E-state index contributed by atoms with van der Waals surface area (Å²) in [5, 5.41) is 2.23. The van der Waals surface area contributed by atoms with Crippen molar-refractivity contribution >= 4 is 45.8 Å². The molecule has 2 aliphatic rings. The molecule has 1 saturated heterocycles. The zero-order valence-corrected chi connectivity index (χ0v) is 21.8. The minimum atomic E-state index is -0.171. The highest BCUT2D eigenvalue weighted by molar-refractivity contribution is 6.43. The normalized spacial score (nSPS) is 16.7. The number of ether oxygens (including phenoxy) is 2. The Labute approximate surface area is 222 Å². The maximum absolute atomic E-state index is 12.1. The largest absolute Gasteiger partial charge is 0.494 e. The van der Waals surface area contributed by atoms with Gasteiger partial charge in [0.15, 0.2) is 0 Å². The van der Waals surface area contributed by atoms with E-state index in [4.69, 9.17) is 32.7 Å². The Morgan fingerprint density at radius 2 is 1.81 bits per heavy atom. The van der Waals surface area contributed by atoms with Crippen LogP contribution in [0.1, 0.15) is 32.1 Å². The summed E-state index contributed by atoms with van der Waals surface area (Å²) < 4.78 is 11.5. The Hall–Kier alpha value is -2.54. The highest BCUT2D eigenvalue weighted by Gasteiger charge is 2.27. The molecule has 3 aromatic rings. The van der Waals surface area contributed by atoms with Crippen LogP contribution in [0.4, 0.5) is 5.69 Å². The third-order valence-electron chi connectivity index (χ3n) is 7.06. The second kappa shape index (κ2) is 11.7. The number of aromatic nitrogens is 1. The molecular weight excluding hydrogens is 497 g/mol. The van der Waals surface area contributed by atoms with Crippen LogP contribution in [0.25, 0.3) is 10.9 Å². The molecule has 1 aromatic heterocycles. The summed E-state index contributed by atoms with van der Waals surface area (Å²) >= 11 is 12.6. The molecule has 0 bridgehead atoms. The van der Waals surface area contributed by atoms with Gasteiger partial charge in [0.05, 0.1) is 33.8 Å². The summed E-state index contributed by atoms with van der Waals surface area (Å²) in [4.78, 5) is 21.4. The maximum atomic E-state index is 12.1. The number of nitrogens with zero attached hydrogens (tertiary/aromatic N) is 3. The lowest BCUT2D eigenvalue weighted by Gasteiger charge is -2.36. The zero-order valence-electron chi connectivity index (χ0n) is 20.3. The predicted octanol–water partition coefficient (Wildman–Crippen LogP) is 6.23. The van der Waals surface area contributed by atoms with Crippen LogP contribution in [0.2, 0.25) is 10.0 Å². The molecule has 0 radical (unpaired) electrons. The third kappa shape index (κ3) is 6.05. The van der Waals surface area contributed by atoms with Gasteiger partial charge in [0.2, 0.25) is 5.88 Å². The van der Waals surface area contributed by atoms with Crippen molar-refractivity contribution in [2.45, 2.75) is 32.1 Å². The molecule has 0 spiro atoms. The van der Waals surface area contributed by atoms with E-state index in [1.165, 1.54) is 0 Å². The first-order valence-corrected chi connectivity index (χ1v) is 13.5. The highest BCUT2D eigenvalue weighted by atomic mass is 35.5. The molecule has 1 saturated carbocycles. The first-order chi connectivity index (χ1) is 17.6. The van der Waals surface area contributed by atoms with Gasteiger partial charge in [-0.2, -0.15) is 0 Å². The van der Waals surface area contributed by atoms with E-state index in [1.807, 2.05) is 42.5 Å². The van der Waals surface area contributed by atoms with Crippen molar-refractivity contribution in [1.29, 1.82) is 0 Å². The fourth-order valence-electron chi connectivity index (χ4n) is 4.63. The van der Waals surface area contributed by atoms with Crippen LogP contribution < -0.4 is 14.4 Å². The van der Waals surface area contributed by atoms with E-state index < -0.39 is 0 Å². The first-order valence-electron chi connectivity index (χ1n) is 12.7. The van der Waals surface area contributed by atoms with E-state index in [1.54, 1.807) is 6.07 Å². The molecule has 2 aromatic carbocycles. The molecule has 5 rings (SSSR count). The fraction of sp³-hybridized carbons (Fsp3) is 0.429. The lowest BCUT2D eigenvalue weighted by Crippen LogP contribution is -2.46. The van der Waals surface area contributed by atoms with Gasteiger partial charge in [-0.15, -0.1) is 0 Å². The predicted molar refractivity (Wildman–Crippen MR) is 145 cm³/mol. The van der Waals surface area contributed by atoms with Gasteiger partial charge in [-0.25, -0.2) is 4.98 Å². The minimum Gasteiger partial charge on any atom is -0.494 e. The van der Waals surface area contributed by atoms with Crippen molar-refractivity contribution in [2.75, 3.05) is 44.2 Å². The number of rotatable bonds is 9. The highest BCUT2D eigenvalue weighted by Crippen LogP contribution is 2.33. The summed E-state index contributed by atoms with van der Waals surface area (Å²) in [5.74, 6) is 0.997. The number of piperazine rings is 1. The van der Waals surface area contributed by atoms with E-state index in [-0.39, 0.29) is 11.9 Å². The second-order valence-corrected chi connectivity index (χ2v) is 10.3. The Kier molecular flexibility index (Phi) is 8.15. The molecule has 1 aliphatic heterocycles. The number of fused-ring (bicyclic) bond motifs is 1. The van der Waals surface area contributed by atoms with Crippen LogP contribution in [0, 0.1) is 5.92 Å². The van der Waals surface area contributed by atoms with Gasteiger partial charge in [-0.3, -0.25) is 9.69 Å². The standard InChI is InChI=1S/C28H31Cl2N3O3/c29-23-7-4-8-25(27(23)30)33-16-14-32(15-17-33)13-1-2-18-35-22-11-9-20-10-12-26(31-24(20)19-22)36-28(34)21-5-3-6-21/h4,7-12,19,21H,1-3,5-6,13-18H2. The van der Waals surface area contributed by atoms with Gasteiger partial charge in [0, 0.05) is 43.7 Å². The number of hydrogen-bond acceptors (Lipinski definition) is 6. The van der Waals surface area contributed by atoms with Crippen LogP contribution in [0.15, 0.2) is 48.5 Å². The van der Waals surface area contributed by atoms with Gasteiger partial charge in [-0.1, -0.05) is 35.7 Å². The van der Waals surface area contributed by atoms with Gasteiger partial charge < -0.3 is 14.4 Å². The van der Waals surface area contributed by atoms with Crippen molar-refractivity contribution in [2.24, 2.45) is 5.92 Å². The summed E-state index contributed by atoms with van der Waals surface area (Å²) in [6.07, 6.45) is 4.98. The SMILES string of the molecule is O=C(Oc1ccc2ccc(OCCCCN3CCN(c4cccc(Cl)c4Cl)CC3)cc2n1)C1CCC1.